The Morgan fingerprint density at radius 1 is 1.50 bits per heavy atom. The predicted octanol–water partition coefficient (Wildman–Crippen LogP) is 1.26. The molecule has 82 valence electrons. The maximum Gasteiger partial charge on any atom is 0.337 e. The van der Waals surface area contributed by atoms with Crippen molar-refractivity contribution in [2.24, 2.45) is 7.05 Å². The lowest BCUT2D eigenvalue weighted by atomic mass is 10.2. The SMILES string of the molecule is Cn1cc(Nc2cnccc2C(=O)O)cn1. The Morgan fingerprint density at radius 2 is 2.31 bits per heavy atom. The van der Waals surface area contributed by atoms with Crippen molar-refractivity contribution in [1.29, 1.82) is 0 Å². The number of aromatic carboxylic acids is 1. The van der Waals surface area contributed by atoms with Crippen LogP contribution in [0.3, 0.4) is 0 Å². The summed E-state index contributed by atoms with van der Waals surface area (Å²) >= 11 is 0. The van der Waals surface area contributed by atoms with E-state index in [1.807, 2.05) is 0 Å². The van der Waals surface area contributed by atoms with Crippen LogP contribution < -0.4 is 5.32 Å². The van der Waals surface area contributed by atoms with E-state index in [0.29, 0.717) is 5.69 Å². The van der Waals surface area contributed by atoms with Gasteiger partial charge in [0.15, 0.2) is 0 Å². The Kier molecular flexibility index (Phi) is 2.55. The normalized spacial score (nSPS) is 10.1. The first-order chi connectivity index (χ1) is 7.66. The molecule has 6 nitrogen and oxygen atoms in total. The molecular formula is C10H10N4O2. The molecule has 16 heavy (non-hydrogen) atoms. The van der Waals surface area contributed by atoms with Crippen molar-refractivity contribution in [3.05, 3.63) is 36.4 Å². The van der Waals surface area contributed by atoms with Crippen molar-refractivity contribution in [2.75, 3.05) is 5.32 Å². The Labute approximate surface area is 91.6 Å². The van der Waals surface area contributed by atoms with Crippen LogP contribution in [0.5, 0.6) is 0 Å². The third kappa shape index (κ3) is 2.00. The van der Waals surface area contributed by atoms with Crippen LogP contribution in [0.4, 0.5) is 11.4 Å². The van der Waals surface area contributed by atoms with Gasteiger partial charge in [-0.15, -0.1) is 0 Å². The molecule has 0 bridgehead atoms. The second-order valence-corrected chi connectivity index (χ2v) is 3.25. The molecule has 0 saturated carbocycles. The van der Waals surface area contributed by atoms with Crippen molar-refractivity contribution < 1.29 is 9.90 Å². The van der Waals surface area contributed by atoms with Gasteiger partial charge in [-0.3, -0.25) is 9.67 Å². The highest BCUT2D eigenvalue weighted by Crippen LogP contribution is 2.18. The van der Waals surface area contributed by atoms with Gasteiger partial charge < -0.3 is 10.4 Å². The summed E-state index contributed by atoms with van der Waals surface area (Å²) in [5, 5.41) is 15.9. The van der Waals surface area contributed by atoms with Crippen molar-refractivity contribution in [1.82, 2.24) is 14.8 Å². The highest BCUT2D eigenvalue weighted by atomic mass is 16.4. The number of anilines is 2. The van der Waals surface area contributed by atoms with Crippen LogP contribution >= 0.6 is 0 Å². The molecule has 0 saturated heterocycles. The number of pyridine rings is 1. The number of hydrogen-bond acceptors (Lipinski definition) is 4. The summed E-state index contributed by atoms with van der Waals surface area (Å²) in [7, 11) is 1.78. The fourth-order valence-electron chi connectivity index (χ4n) is 1.32. The molecule has 0 aliphatic rings. The number of carboxylic acids is 1. The summed E-state index contributed by atoms with van der Waals surface area (Å²) in [4.78, 5) is 14.8. The van der Waals surface area contributed by atoms with Crippen LogP contribution in [0.2, 0.25) is 0 Å². The number of hydrogen-bond donors (Lipinski definition) is 2. The molecule has 0 unspecified atom stereocenters. The highest BCUT2D eigenvalue weighted by molar-refractivity contribution is 5.94. The van der Waals surface area contributed by atoms with Crippen LogP contribution in [0, 0.1) is 0 Å². The van der Waals surface area contributed by atoms with E-state index in [4.69, 9.17) is 5.11 Å². The van der Waals surface area contributed by atoms with Gasteiger partial charge in [0.25, 0.3) is 0 Å². The topological polar surface area (TPSA) is 80.0 Å². The molecule has 2 heterocycles. The maximum atomic E-state index is 10.9. The van der Waals surface area contributed by atoms with E-state index in [1.165, 1.54) is 18.5 Å². The van der Waals surface area contributed by atoms with Crippen LogP contribution in [0.15, 0.2) is 30.9 Å². The molecular weight excluding hydrogens is 208 g/mol. The van der Waals surface area contributed by atoms with E-state index >= 15 is 0 Å². The minimum absolute atomic E-state index is 0.179. The van der Waals surface area contributed by atoms with Gasteiger partial charge in [-0.05, 0) is 6.07 Å². The summed E-state index contributed by atoms with van der Waals surface area (Å²) in [6, 6.07) is 1.45. The van der Waals surface area contributed by atoms with Gasteiger partial charge in [-0.25, -0.2) is 4.79 Å². The Hall–Kier alpha value is -2.37. The zero-order chi connectivity index (χ0) is 11.5. The Bertz CT molecular complexity index is 521. The second kappa shape index (κ2) is 4.01. The van der Waals surface area contributed by atoms with Crippen LogP contribution in [0.1, 0.15) is 10.4 Å². The van der Waals surface area contributed by atoms with Gasteiger partial charge in [-0.1, -0.05) is 0 Å². The number of carboxylic acid groups (broad SMARTS) is 1. The average molecular weight is 218 g/mol. The van der Waals surface area contributed by atoms with Gasteiger partial charge in [-0.2, -0.15) is 5.10 Å². The van der Waals surface area contributed by atoms with E-state index in [1.54, 1.807) is 24.1 Å². The Morgan fingerprint density at radius 3 is 2.94 bits per heavy atom. The van der Waals surface area contributed by atoms with E-state index in [2.05, 4.69) is 15.4 Å². The van der Waals surface area contributed by atoms with Gasteiger partial charge in [0.2, 0.25) is 0 Å². The van der Waals surface area contributed by atoms with E-state index in [9.17, 15) is 4.79 Å². The third-order valence-electron chi connectivity index (χ3n) is 2.04. The number of rotatable bonds is 3. The molecule has 0 amide bonds. The number of nitrogens with zero attached hydrogens (tertiary/aromatic N) is 3. The standard InChI is InChI=1S/C10H10N4O2/c1-14-6-7(4-12-14)13-9-5-11-3-2-8(9)10(15)16/h2-6,13H,1H3,(H,15,16). The van der Waals surface area contributed by atoms with Crippen LogP contribution in [-0.2, 0) is 7.05 Å². The summed E-state index contributed by atoms with van der Waals surface area (Å²) in [6.45, 7) is 0. The summed E-state index contributed by atoms with van der Waals surface area (Å²) in [5.74, 6) is -0.992. The van der Waals surface area contributed by atoms with Crippen LogP contribution in [-0.4, -0.2) is 25.8 Å². The molecule has 0 atom stereocenters. The highest BCUT2D eigenvalue weighted by Gasteiger charge is 2.09. The largest absolute Gasteiger partial charge is 0.478 e. The van der Waals surface area contributed by atoms with Crippen molar-refractivity contribution in [2.45, 2.75) is 0 Å². The molecule has 0 aliphatic carbocycles. The van der Waals surface area contributed by atoms with Crippen LogP contribution in [0.25, 0.3) is 0 Å². The lowest BCUT2D eigenvalue weighted by Crippen LogP contribution is -2.02. The Balaban J connectivity index is 2.31. The molecule has 6 heteroatoms. The molecule has 0 aromatic carbocycles. The monoisotopic (exact) mass is 218 g/mol. The quantitative estimate of drug-likeness (QED) is 0.810. The zero-order valence-corrected chi connectivity index (χ0v) is 8.58. The predicted molar refractivity (Wildman–Crippen MR) is 57.7 cm³/mol. The number of nitrogens with one attached hydrogen (secondary N) is 1. The minimum atomic E-state index is -0.992. The third-order valence-corrected chi connectivity index (χ3v) is 2.04. The molecule has 2 aromatic heterocycles. The fourth-order valence-corrected chi connectivity index (χ4v) is 1.32. The second-order valence-electron chi connectivity index (χ2n) is 3.25. The smallest absolute Gasteiger partial charge is 0.337 e. The van der Waals surface area contributed by atoms with Gasteiger partial charge in [0, 0.05) is 19.4 Å². The first kappa shape index (κ1) is 10.2. The summed E-state index contributed by atoms with van der Waals surface area (Å²) < 4.78 is 1.62. The maximum absolute atomic E-state index is 10.9. The lowest BCUT2D eigenvalue weighted by molar-refractivity contribution is 0.0698. The van der Waals surface area contributed by atoms with Gasteiger partial charge in [0.1, 0.15) is 0 Å². The molecule has 0 radical (unpaired) electrons. The molecule has 0 spiro atoms. The van der Waals surface area contributed by atoms with Gasteiger partial charge >= 0.3 is 5.97 Å². The number of carbonyl (C=O) groups is 1. The van der Waals surface area contributed by atoms with Gasteiger partial charge in [0.05, 0.1) is 29.3 Å². The molecule has 0 fully saturated rings. The fraction of sp³-hybridized carbons (Fsp3) is 0.100. The molecule has 2 aromatic rings. The number of aryl methyl sites for hydroxylation is 1. The number of aromatic nitrogens is 3. The lowest BCUT2D eigenvalue weighted by Gasteiger charge is -2.05. The molecule has 2 N–H and O–H groups in total. The first-order valence-corrected chi connectivity index (χ1v) is 4.60. The molecule has 2 rings (SSSR count). The summed E-state index contributed by atoms with van der Waals surface area (Å²) in [6.07, 6.45) is 6.27. The zero-order valence-electron chi connectivity index (χ0n) is 8.58. The average Bonchev–Trinajstić information content (AvgIpc) is 2.64. The van der Waals surface area contributed by atoms with E-state index < -0.39 is 5.97 Å². The van der Waals surface area contributed by atoms with E-state index in [-0.39, 0.29) is 5.56 Å². The van der Waals surface area contributed by atoms with E-state index in [0.717, 1.165) is 5.69 Å². The van der Waals surface area contributed by atoms with Crippen molar-refractivity contribution in [3.63, 3.8) is 0 Å². The van der Waals surface area contributed by atoms with Crippen molar-refractivity contribution >= 4 is 17.3 Å². The first-order valence-electron chi connectivity index (χ1n) is 4.60. The minimum Gasteiger partial charge on any atom is -0.478 e. The molecule has 0 aliphatic heterocycles. The van der Waals surface area contributed by atoms with Crippen molar-refractivity contribution in [3.8, 4) is 0 Å². The summed E-state index contributed by atoms with van der Waals surface area (Å²) in [5.41, 5.74) is 1.35.